The number of benzene rings is 1. The number of ether oxygens (including phenoxy) is 2. The van der Waals surface area contributed by atoms with Crippen LogP contribution in [-0.2, 0) is 17.8 Å². The van der Waals surface area contributed by atoms with Crippen molar-refractivity contribution in [2.45, 2.75) is 76.7 Å². The third kappa shape index (κ3) is 4.61. The van der Waals surface area contributed by atoms with Gasteiger partial charge in [0.2, 0.25) is 0 Å². The van der Waals surface area contributed by atoms with E-state index in [9.17, 15) is 4.79 Å². The number of hydrogen-bond acceptors (Lipinski definition) is 6. The number of unbranched alkanes of at least 4 members (excludes halogenated alkanes) is 3. The summed E-state index contributed by atoms with van der Waals surface area (Å²) in [4.78, 5) is 20.9. The topological polar surface area (TPSA) is 53.4 Å². The van der Waals surface area contributed by atoms with Crippen LogP contribution in [0.1, 0.15) is 63.3 Å². The minimum Gasteiger partial charge on any atom is -0.497 e. The molecule has 4 rings (SSSR count). The van der Waals surface area contributed by atoms with E-state index in [4.69, 9.17) is 14.5 Å². The van der Waals surface area contributed by atoms with Gasteiger partial charge in [0, 0.05) is 17.1 Å². The van der Waals surface area contributed by atoms with E-state index in [1.165, 1.54) is 19.3 Å². The molecule has 2 aromatic heterocycles. The van der Waals surface area contributed by atoms with E-state index in [2.05, 4.69) is 20.8 Å². The van der Waals surface area contributed by atoms with Crippen molar-refractivity contribution in [2.75, 3.05) is 12.9 Å². The van der Waals surface area contributed by atoms with Crippen LogP contribution in [0.2, 0.25) is 0 Å². The SMILES string of the molecule is CCCCCCSc1nc2sc3c(c2c(=O)n1-c1ccc(OC)cc1)C[C@@](C)(CC)OC3. The zero-order valence-corrected chi connectivity index (χ0v) is 21.0. The Kier molecular flexibility index (Phi) is 7.27. The summed E-state index contributed by atoms with van der Waals surface area (Å²) in [6.07, 6.45) is 6.45. The average Bonchev–Trinajstić information content (AvgIpc) is 3.16. The van der Waals surface area contributed by atoms with Gasteiger partial charge >= 0.3 is 0 Å². The molecule has 3 heterocycles. The molecule has 0 unspecified atom stereocenters. The van der Waals surface area contributed by atoms with Gasteiger partial charge in [-0.15, -0.1) is 11.3 Å². The van der Waals surface area contributed by atoms with Crippen LogP contribution in [0.25, 0.3) is 15.9 Å². The number of thiophene rings is 1. The van der Waals surface area contributed by atoms with E-state index in [1.54, 1.807) is 34.8 Å². The second kappa shape index (κ2) is 9.98. The number of nitrogens with zero attached hydrogens (tertiary/aromatic N) is 2. The molecule has 172 valence electrons. The summed E-state index contributed by atoms with van der Waals surface area (Å²) in [6.45, 7) is 7.05. The Hall–Kier alpha value is -1.83. The van der Waals surface area contributed by atoms with Crippen LogP contribution in [0.4, 0.5) is 0 Å². The molecule has 32 heavy (non-hydrogen) atoms. The van der Waals surface area contributed by atoms with Crippen molar-refractivity contribution in [3.63, 3.8) is 0 Å². The highest BCUT2D eigenvalue weighted by Gasteiger charge is 2.33. The fourth-order valence-corrected chi connectivity index (χ4v) is 6.23. The standard InChI is InChI=1S/C25H32N2O3S2/c1-5-7-8-9-14-31-24-26-22-21(19-15-25(3,6-2)30-16-20(19)32-22)23(28)27(24)17-10-12-18(29-4)13-11-17/h10-13H,5-9,14-16H2,1-4H3/t25-/m1/s1. The summed E-state index contributed by atoms with van der Waals surface area (Å²) in [5.41, 5.74) is 1.74. The first-order valence-electron chi connectivity index (χ1n) is 11.5. The minimum absolute atomic E-state index is 0.0223. The van der Waals surface area contributed by atoms with Gasteiger partial charge < -0.3 is 9.47 Å². The first-order chi connectivity index (χ1) is 15.5. The van der Waals surface area contributed by atoms with Crippen molar-refractivity contribution in [1.82, 2.24) is 9.55 Å². The maximum Gasteiger partial charge on any atom is 0.267 e. The molecule has 0 bridgehead atoms. The lowest BCUT2D eigenvalue weighted by molar-refractivity contribution is -0.0543. The number of fused-ring (bicyclic) bond motifs is 3. The van der Waals surface area contributed by atoms with E-state index in [0.29, 0.717) is 6.61 Å². The van der Waals surface area contributed by atoms with Crippen LogP contribution in [0, 0.1) is 0 Å². The third-order valence-corrected chi connectivity index (χ3v) is 8.41. The first-order valence-corrected chi connectivity index (χ1v) is 13.3. The summed E-state index contributed by atoms with van der Waals surface area (Å²) in [6, 6.07) is 7.67. The lowest BCUT2D eigenvalue weighted by atomic mass is 9.90. The van der Waals surface area contributed by atoms with Gasteiger partial charge in [0.15, 0.2) is 5.16 Å². The predicted octanol–water partition coefficient (Wildman–Crippen LogP) is 6.37. The monoisotopic (exact) mass is 472 g/mol. The summed E-state index contributed by atoms with van der Waals surface area (Å²) in [5, 5.41) is 1.53. The Morgan fingerprint density at radius 2 is 2.00 bits per heavy atom. The molecule has 0 saturated heterocycles. The molecule has 0 fully saturated rings. The van der Waals surface area contributed by atoms with Crippen LogP contribution in [0.3, 0.4) is 0 Å². The van der Waals surface area contributed by atoms with Crippen molar-refractivity contribution < 1.29 is 9.47 Å². The molecule has 0 spiro atoms. The highest BCUT2D eigenvalue weighted by molar-refractivity contribution is 7.99. The number of methoxy groups -OCH3 is 1. The molecular formula is C25H32N2O3S2. The zero-order valence-electron chi connectivity index (χ0n) is 19.4. The molecule has 0 amide bonds. The highest BCUT2D eigenvalue weighted by Crippen LogP contribution is 2.39. The molecule has 0 N–H and O–H groups in total. The van der Waals surface area contributed by atoms with Gasteiger partial charge in [-0.25, -0.2) is 4.98 Å². The van der Waals surface area contributed by atoms with Crippen LogP contribution < -0.4 is 10.3 Å². The fraction of sp³-hybridized carbons (Fsp3) is 0.520. The number of thioether (sulfide) groups is 1. The lowest BCUT2D eigenvalue weighted by Crippen LogP contribution is -2.34. The molecular weight excluding hydrogens is 440 g/mol. The van der Waals surface area contributed by atoms with Gasteiger partial charge in [-0.3, -0.25) is 9.36 Å². The smallest absolute Gasteiger partial charge is 0.267 e. The normalized spacial score (nSPS) is 18.1. The molecule has 7 heteroatoms. The van der Waals surface area contributed by atoms with E-state index in [0.717, 1.165) is 62.3 Å². The van der Waals surface area contributed by atoms with Crippen LogP contribution in [0.15, 0.2) is 34.2 Å². The van der Waals surface area contributed by atoms with Crippen molar-refractivity contribution in [3.8, 4) is 11.4 Å². The van der Waals surface area contributed by atoms with E-state index in [1.807, 2.05) is 24.3 Å². The minimum atomic E-state index is -0.231. The quantitative estimate of drug-likeness (QED) is 0.206. The van der Waals surface area contributed by atoms with Crippen molar-refractivity contribution in [1.29, 1.82) is 0 Å². The first kappa shape index (κ1) is 23.3. The Morgan fingerprint density at radius 3 is 2.69 bits per heavy atom. The average molecular weight is 473 g/mol. The molecule has 3 aromatic rings. The Bertz CT molecular complexity index is 1140. The predicted molar refractivity (Wildman–Crippen MR) is 134 cm³/mol. The van der Waals surface area contributed by atoms with Gasteiger partial charge in [-0.1, -0.05) is 44.9 Å². The molecule has 0 saturated carbocycles. The fourth-order valence-electron chi connectivity index (χ4n) is 4.08. The maximum absolute atomic E-state index is 13.9. The van der Waals surface area contributed by atoms with Gasteiger partial charge in [0.05, 0.1) is 30.4 Å². The van der Waals surface area contributed by atoms with Gasteiger partial charge in [-0.05, 0) is 49.6 Å². The van der Waals surface area contributed by atoms with Crippen molar-refractivity contribution in [3.05, 3.63) is 45.1 Å². The summed E-state index contributed by atoms with van der Waals surface area (Å²) in [5.74, 6) is 1.73. The summed E-state index contributed by atoms with van der Waals surface area (Å²) in [7, 11) is 1.65. The van der Waals surface area contributed by atoms with Crippen LogP contribution >= 0.6 is 23.1 Å². The van der Waals surface area contributed by atoms with Crippen molar-refractivity contribution >= 4 is 33.3 Å². The number of rotatable bonds is 9. The van der Waals surface area contributed by atoms with E-state index < -0.39 is 0 Å². The third-order valence-electron chi connectivity index (χ3n) is 6.29. The maximum atomic E-state index is 13.9. The summed E-state index contributed by atoms with van der Waals surface area (Å²) < 4.78 is 13.2. The molecule has 1 aromatic carbocycles. The van der Waals surface area contributed by atoms with Gasteiger partial charge in [-0.2, -0.15) is 0 Å². The molecule has 5 nitrogen and oxygen atoms in total. The number of aromatic nitrogens is 2. The Balaban J connectivity index is 1.81. The zero-order chi connectivity index (χ0) is 22.7. The molecule has 1 aliphatic heterocycles. The van der Waals surface area contributed by atoms with Gasteiger partial charge in [0.25, 0.3) is 5.56 Å². The van der Waals surface area contributed by atoms with Crippen LogP contribution in [0.5, 0.6) is 5.75 Å². The Morgan fingerprint density at radius 1 is 1.22 bits per heavy atom. The van der Waals surface area contributed by atoms with Gasteiger partial charge in [0.1, 0.15) is 10.6 Å². The molecule has 1 atom stereocenters. The molecule has 1 aliphatic rings. The van der Waals surface area contributed by atoms with E-state index in [-0.39, 0.29) is 11.2 Å². The molecule has 0 aliphatic carbocycles. The summed E-state index contributed by atoms with van der Waals surface area (Å²) >= 11 is 3.29. The van der Waals surface area contributed by atoms with E-state index >= 15 is 0 Å². The Labute approximate surface area is 198 Å². The second-order valence-electron chi connectivity index (χ2n) is 8.59. The number of hydrogen-bond donors (Lipinski definition) is 0. The second-order valence-corrected chi connectivity index (χ2v) is 10.7. The lowest BCUT2D eigenvalue weighted by Gasteiger charge is -2.32. The van der Waals surface area contributed by atoms with Crippen molar-refractivity contribution in [2.24, 2.45) is 0 Å². The largest absolute Gasteiger partial charge is 0.497 e. The van der Waals surface area contributed by atoms with Crippen LogP contribution in [-0.4, -0.2) is 28.0 Å². The molecule has 0 radical (unpaired) electrons. The highest BCUT2D eigenvalue weighted by atomic mass is 32.2.